The molecule has 0 radical (unpaired) electrons. The molecule has 154 valence electrons. The lowest BCUT2D eigenvalue weighted by molar-refractivity contribution is -0.125. The molecule has 2 heterocycles. The van der Waals surface area contributed by atoms with Gasteiger partial charge in [-0.3, -0.25) is 9.59 Å². The smallest absolute Gasteiger partial charge is 0.229 e. The number of piperidine rings is 1. The number of carbonyl (C=O) groups excluding carboxylic acids is 2. The van der Waals surface area contributed by atoms with Gasteiger partial charge in [0.15, 0.2) is 0 Å². The number of benzene rings is 2. The Labute approximate surface area is 185 Å². The lowest BCUT2D eigenvalue weighted by atomic mass is 9.86. The van der Waals surface area contributed by atoms with Gasteiger partial charge in [-0.25, -0.2) is 0 Å². The van der Waals surface area contributed by atoms with Crippen molar-refractivity contribution in [2.45, 2.75) is 32.7 Å². The molecule has 2 unspecified atom stereocenters. The van der Waals surface area contributed by atoms with Gasteiger partial charge < -0.3 is 10.2 Å². The van der Waals surface area contributed by atoms with Crippen molar-refractivity contribution in [2.24, 2.45) is 5.92 Å². The number of nitrogens with one attached hydrogen (secondary N) is 1. The van der Waals surface area contributed by atoms with Gasteiger partial charge in [0, 0.05) is 27.7 Å². The normalized spacial score (nSPS) is 19.0. The summed E-state index contributed by atoms with van der Waals surface area (Å²) in [4.78, 5) is 29.1. The van der Waals surface area contributed by atoms with Gasteiger partial charge in [-0.2, -0.15) is 0 Å². The fraction of sp³-hybridized carbons (Fsp3) is 0.250. The van der Waals surface area contributed by atoms with E-state index in [1.54, 1.807) is 22.3 Å². The van der Waals surface area contributed by atoms with Crippen LogP contribution >= 0.6 is 22.9 Å². The summed E-state index contributed by atoms with van der Waals surface area (Å²) in [6, 6.07) is 17.0. The molecular formula is C24H23ClN2O2S. The second kappa shape index (κ2) is 8.62. The number of rotatable bonds is 4. The summed E-state index contributed by atoms with van der Waals surface area (Å²) in [7, 11) is 0. The van der Waals surface area contributed by atoms with Gasteiger partial charge in [-0.1, -0.05) is 41.4 Å². The molecule has 0 aliphatic carbocycles. The summed E-state index contributed by atoms with van der Waals surface area (Å²) < 4.78 is 0. The molecule has 1 N–H and O–H groups in total. The first-order valence-corrected chi connectivity index (χ1v) is 11.2. The Hall–Kier alpha value is -2.63. The molecule has 2 amide bonds. The van der Waals surface area contributed by atoms with Crippen LogP contribution in [0.3, 0.4) is 0 Å². The molecule has 0 saturated carbocycles. The number of amides is 2. The zero-order valence-corrected chi connectivity index (χ0v) is 18.5. The van der Waals surface area contributed by atoms with Crippen LogP contribution in [-0.4, -0.2) is 11.8 Å². The number of aryl methyl sites for hydroxylation is 2. The van der Waals surface area contributed by atoms with E-state index in [0.717, 1.165) is 21.7 Å². The minimum absolute atomic E-state index is 0.0414. The highest BCUT2D eigenvalue weighted by molar-refractivity contribution is 7.10. The number of thiophene rings is 1. The van der Waals surface area contributed by atoms with Crippen molar-refractivity contribution in [2.75, 3.05) is 10.2 Å². The first kappa shape index (κ1) is 20.6. The molecular weight excluding hydrogens is 416 g/mol. The van der Waals surface area contributed by atoms with Crippen LogP contribution in [0.4, 0.5) is 11.4 Å². The molecule has 4 nitrogen and oxygen atoms in total. The number of hydrogen-bond acceptors (Lipinski definition) is 3. The van der Waals surface area contributed by atoms with Crippen LogP contribution in [0.2, 0.25) is 5.02 Å². The Morgan fingerprint density at radius 3 is 2.57 bits per heavy atom. The third-order valence-electron chi connectivity index (χ3n) is 5.52. The summed E-state index contributed by atoms with van der Waals surface area (Å²) in [5.74, 6) is -0.416. The fourth-order valence-corrected chi connectivity index (χ4v) is 4.93. The van der Waals surface area contributed by atoms with Crippen molar-refractivity contribution in [3.05, 3.63) is 81.0 Å². The Balaban J connectivity index is 1.68. The second-order valence-electron chi connectivity index (χ2n) is 7.66. The highest BCUT2D eigenvalue weighted by atomic mass is 35.5. The number of carbonyl (C=O) groups is 2. The molecule has 2 aromatic carbocycles. The largest absolute Gasteiger partial charge is 0.326 e. The summed E-state index contributed by atoms with van der Waals surface area (Å²) in [6.07, 6.45) is 0.845. The quantitative estimate of drug-likeness (QED) is 0.531. The summed E-state index contributed by atoms with van der Waals surface area (Å²) in [5, 5.41) is 5.61. The average molecular weight is 439 g/mol. The van der Waals surface area contributed by atoms with Gasteiger partial charge >= 0.3 is 0 Å². The number of anilines is 2. The molecule has 6 heteroatoms. The predicted octanol–water partition coefficient (Wildman–Crippen LogP) is 6.14. The molecule has 3 aromatic rings. The Kier molecular flexibility index (Phi) is 5.93. The topological polar surface area (TPSA) is 49.4 Å². The highest BCUT2D eigenvalue weighted by Gasteiger charge is 2.42. The van der Waals surface area contributed by atoms with Crippen LogP contribution in [-0.2, 0) is 9.59 Å². The van der Waals surface area contributed by atoms with Gasteiger partial charge in [-0.15, -0.1) is 11.3 Å². The van der Waals surface area contributed by atoms with Crippen molar-refractivity contribution >= 4 is 46.1 Å². The lowest BCUT2D eigenvalue weighted by Gasteiger charge is -2.40. The fourth-order valence-electron chi connectivity index (χ4n) is 3.87. The van der Waals surface area contributed by atoms with Gasteiger partial charge in [0.2, 0.25) is 11.8 Å². The molecule has 1 aliphatic heterocycles. The molecule has 0 bridgehead atoms. The molecule has 2 atom stereocenters. The van der Waals surface area contributed by atoms with E-state index in [0.29, 0.717) is 23.6 Å². The van der Waals surface area contributed by atoms with E-state index < -0.39 is 0 Å². The van der Waals surface area contributed by atoms with E-state index in [4.69, 9.17) is 11.6 Å². The van der Waals surface area contributed by atoms with Crippen LogP contribution in [0, 0.1) is 19.8 Å². The minimum atomic E-state index is -0.359. The van der Waals surface area contributed by atoms with Crippen LogP contribution < -0.4 is 10.2 Å². The maximum atomic E-state index is 13.3. The molecule has 1 fully saturated rings. The summed E-state index contributed by atoms with van der Waals surface area (Å²) in [5.41, 5.74) is 3.57. The van der Waals surface area contributed by atoms with Crippen LogP contribution in [0.5, 0.6) is 0 Å². The Bertz CT molecular complexity index is 1060. The van der Waals surface area contributed by atoms with Crippen LogP contribution in [0.25, 0.3) is 0 Å². The third kappa shape index (κ3) is 4.13. The van der Waals surface area contributed by atoms with Gasteiger partial charge in [0.1, 0.15) is 0 Å². The van der Waals surface area contributed by atoms with E-state index in [1.165, 1.54) is 0 Å². The summed E-state index contributed by atoms with van der Waals surface area (Å²) in [6.45, 7) is 3.94. The van der Waals surface area contributed by atoms with E-state index in [1.807, 2.05) is 67.8 Å². The molecule has 4 rings (SSSR count). The van der Waals surface area contributed by atoms with E-state index in [9.17, 15) is 9.59 Å². The molecule has 0 spiro atoms. The van der Waals surface area contributed by atoms with Crippen LogP contribution in [0.1, 0.15) is 34.9 Å². The SMILES string of the molecule is Cc1ccc(N2C(=O)CCC(C(=O)Nc3ccc(C)c(Cl)c3)C2c2cccs2)cc1. The Morgan fingerprint density at radius 2 is 1.90 bits per heavy atom. The summed E-state index contributed by atoms with van der Waals surface area (Å²) >= 11 is 7.80. The van der Waals surface area contributed by atoms with Crippen molar-refractivity contribution in [1.29, 1.82) is 0 Å². The zero-order chi connectivity index (χ0) is 21.3. The van der Waals surface area contributed by atoms with Crippen molar-refractivity contribution in [1.82, 2.24) is 0 Å². The van der Waals surface area contributed by atoms with Crippen molar-refractivity contribution in [3.63, 3.8) is 0 Å². The van der Waals surface area contributed by atoms with E-state index in [-0.39, 0.29) is 23.8 Å². The lowest BCUT2D eigenvalue weighted by Crippen LogP contribution is -2.46. The number of nitrogens with zero attached hydrogens (tertiary/aromatic N) is 1. The molecule has 30 heavy (non-hydrogen) atoms. The zero-order valence-electron chi connectivity index (χ0n) is 16.9. The molecule has 1 aromatic heterocycles. The minimum Gasteiger partial charge on any atom is -0.326 e. The van der Waals surface area contributed by atoms with Gasteiger partial charge in [0.25, 0.3) is 0 Å². The maximum absolute atomic E-state index is 13.3. The first-order chi connectivity index (χ1) is 14.4. The standard InChI is InChI=1S/C24H23ClN2O2S/c1-15-5-9-18(10-6-15)27-22(28)12-11-19(23(27)21-4-3-13-30-21)24(29)26-17-8-7-16(2)20(25)14-17/h3-10,13-14,19,23H,11-12H2,1-2H3,(H,26,29). The molecule has 1 aliphatic rings. The number of hydrogen-bond donors (Lipinski definition) is 1. The molecule has 1 saturated heterocycles. The van der Waals surface area contributed by atoms with E-state index >= 15 is 0 Å². The predicted molar refractivity (Wildman–Crippen MR) is 123 cm³/mol. The van der Waals surface area contributed by atoms with Gasteiger partial charge in [-0.05, 0) is 61.5 Å². The maximum Gasteiger partial charge on any atom is 0.229 e. The van der Waals surface area contributed by atoms with E-state index in [2.05, 4.69) is 5.32 Å². The van der Waals surface area contributed by atoms with Crippen molar-refractivity contribution in [3.8, 4) is 0 Å². The first-order valence-electron chi connectivity index (χ1n) is 9.93. The van der Waals surface area contributed by atoms with Crippen LogP contribution in [0.15, 0.2) is 60.0 Å². The monoisotopic (exact) mass is 438 g/mol. The second-order valence-corrected chi connectivity index (χ2v) is 9.04. The average Bonchev–Trinajstić information content (AvgIpc) is 3.26. The Morgan fingerprint density at radius 1 is 1.13 bits per heavy atom. The van der Waals surface area contributed by atoms with Crippen molar-refractivity contribution < 1.29 is 9.59 Å². The van der Waals surface area contributed by atoms with Gasteiger partial charge in [0.05, 0.1) is 12.0 Å². The highest BCUT2D eigenvalue weighted by Crippen LogP contribution is 2.42. The number of halogens is 1. The third-order valence-corrected chi connectivity index (χ3v) is 6.87.